The van der Waals surface area contributed by atoms with Crippen molar-refractivity contribution in [3.8, 4) is 0 Å². The minimum absolute atomic E-state index is 0.0322. The third-order valence-corrected chi connectivity index (χ3v) is 5.16. The minimum Gasteiger partial charge on any atom is -0.509 e. The van der Waals surface area contributed by atoms with Gasteiger partial charge in [0.1, 0.15) is 29.7 Å². The molecule has 1 heterocycles. The van der Waals surface area contributed by atoms with Crippen LogP contribution < -0.4 is 0 Å². The molecule has 0 saturated carbocycles. The van der Waals surface area contributed by atoms with Gasteiger partial charge in [-0.3, -0.25) is 0 Å². The average molecular weight is 392 g/mol. The van der Waals surface area contributed by atoms with Crippen molar-refractivity contribution in [2.24, 2.45) is 0 Å². The molecule has 0 saturated heterocycles. The summed E-state index contributed by atoms with van der Waals surface area (Å²) in [5, 5.41) is 80.2. The van der Waals surface area contributed by atoms with Crippen molar-refractivity contribution in [2.45, 2.75) is 68.6 Å². The average Bonchev–Trinajstić information content (AvgIpc) is 2.60. The van der Waals surface area contributed by atoms with Crippen molar-refractivity contribution in [3.63, 3.8) is 0 Å². The molecule has 8 N–H and O–H groups in total. The van der Waals surface area contributed by atoms with Crippen molar-refractivity contribution in [3.05, 3.63) is 23.2 Å². The molecule has 7 unspecified atom stereocenters. The molecule has 156 valence electrons. The zero-order valence-electron chi connectivity index (χ0n) is 15.4. The summed E-state index contributed by atoms with van der Waals surface area (Å²) in [5.74, 6) is -3.25. The second-order valence-corrected chi connectivity index (χ2v) is 7.50. The number of aliphatic hydroxyl groups excluding tert-OH is 7. The zero-order chi connectivity index (χ0) is 20.8. The van der Waals surface area contributed by atoms with Gasteiger partial charge in [0, 0.05) is 12.0 Å². The Labute approximate surface area is 156 Å². The maximum atomic E-state index is 10.6. The maximum Gasteiger partial charge on any atom is 0.225 e. The fraction of sp³-hybridized carbons (Fsp3) is 0.765. The van der Waals surface area contributed by atoms with Gasteiger partial charge in [0.05, 0.1) is 19.3 Å². The van der Waals surface area contributed by atoms with Crippen LogP contribution in [-0.4, -0.2) is 95.5 Å². The second-order valence-electron chi connectivity index (χ2n) is 7.50. The molecule has 0 aromatic rings. The standard InChI is InChI=1S/C17H28O10/c1-15(25)5-11(21)16(2,14(24)13(15)23)27-17(3)12(22)9(10(20)7-19)4-8(6-18)26-17/h5,8,10,13-14,18-25H,4,6-7H2,1-3H3. The number of rotatable bonds is 5. The molecule has 27 heavy (non-hydrogen) atoms. The number of hydrogen-bond donors (Lipinski definition) is 8. The van der Waals surface area contributed by atoms with Crippen LogP contribution in [-0.2, 0) is 9.47 Å². The molecule has 0 radical (unpaired) electrons. The van der Waals surface area contributed by atoms with Crippen LogP contribution >= 0.6 is 0 Å². The summed E-state index contributed by atoms with van der Waals surface area (Å²) < 4.78 is 11.2. The molecule has 1 aliphatic heterocycles. The van der Waals surface area contributed by atoms with Crippen molar-refractivity contribution in [1.29, 1.82) is 0 Å². The van der Waals surface area contributed by atoms with Gasteiger partial charge in [0.15, 0.2) is 11.4 Å². The van der Waals surface area contributed by atoms with Crippen molar-refractivity contribution < 1.29 is 50.3 Å². The third-order valence-electron chi connectivity index (χ3n) is 5.16. The van der Waals surface area contributed by atoms with Crippen molar-refractivity contribution >= 4 is 0 Å². The molecule has 10 heteroatoms. The fourth-order valence-corrected chi connectivity index (χ4v) is 3.42. The summed E-state index contributed by atoms with van der Waals surface area (Å²) in [5.41, 5.74) is -3.96. The first kappa shape index (κ1) is 22.1. The molecule has 1 aliphatic carbocycles. The molecule has 0 amide bonds. The highest BCUT2D eigenvalue weighted by Gasteiger charge is 2.57. The van der Waals surface area contributed by atoms with Gasteiger partial charge in [-0.1, -0.05) is 0 Å². The van der Waals surface area contributed by atoms with E-state index in [1.807, 2.05) is 0 Å². The lowest BCUT2D eigenvalue weighted by Crippen LogP contribution is -2.64. The van der Waals surface area contributed by atoms with Gasteiger partial charge >= 0.3 is 0 Å². The minimum atomic E-state index is -2.04. The molecular formula is C17H28O10. The first-order chi connectivity index (χ1) is 12.3. The van der Waals surface area contributed by atoms with Crippen LogP contribution in [0.2, 0.25) is 0 Å². The van der Waals surface area contributed by atoms with Crippen molar-refractivity contribution in [1.82, 2.24) is 0 Å². The largest absolute Gasteiger partial charge is 0.509 e. The van der Waals surface area contributed by atoms with Crippen molar-refractivity contribution in [2.75, 3.05) is 13.2 Å². The predicted octanol–water partition coefficient (Wildman–Crippen LogP) is -1.65. The Bertz CT molecular complexity index is 629. The van der Waals surface area contributed by atoms with Gasteiger partial charge in [0.25, 0.3) is 0 Å². The van der Waals surface area contributed by atoms with Gasteiger partial charge in [-0.25, -0.2) is 0 Å². The molecule has 7 atom stereocenters. The highest BCUT2D eigenvalue weighted by molar-refractivity contribution is 5.28. The summed E-state index contributed by atoms with van der Waals surface area (Å²) in [7, 11) is 0. The lowest BCUT2D eigenvalue weighted by atomic mass is 9.77. The van der Waals surface area contributed by atoms with Crippen LogP contribution in [0.4, 0.5) is 0 Å². The number of aliphatic hydroxyl groups is 8. The van der Waals surface area contributed by atoms with E-state index in [0.717, 1.165) is 6.08 Å². The van der Waals surface area contributed by atoms with Gasteiger partial charge in [-0.05, 0) is 26.8 Å². The topological polar surface area (TPSA) is 180 Å². The molecular weight excluding hydrogens is 364 g/mol. The Balaban J connectivity index is 2.49. The third kappa shape index (κ3) is 3.71. The summed E-state index contributed by atoms with van der Waals surface area (Å²) in [6.07, 6.45) is -5.07. The van der Waals surface area contributed by atoms with E-state index in [1.54, 1.807) is 0 Å². The summed E-state index contributed by atoms with van der Waals surface area (Å²) in [6.45, 7) is 2.45. The monoisotopic (exact) mass is 392 g/mol. The summed E-state index contributed by atoms with van der Waals surface area (Å²) in [6, 6.07) is 0. The van der Waals surface area contributed by atoms with Gasteiger partial charge in [-0.2, -0.15) is 0 Å². The van der Waals surface area contributed by atoms with E-state index < -0.39 is 66.1 Å². The lowest BCUT2D eigenvalue weighted by molar-refractivity contribution is -0.319. The van der Waals surface area contributed by atoms with Crippen LogP contribution in [0.5, 0.6) is 0 Å². The molecule has 2 aliphatic rings. The Morgan fingerprint density at radius 3 is 2.30 bits per heavy atom. The highest BCUT2D eigenvalue weighted by Crippen LogP contribution is 2.43. The van der Waals surface area contributed by atoms with E-state index in [2.05, 4.69) is 0 Å². The maximum absolute atomic E-state index is 10.6. The van der Waals surface area contributed by atoms with Gasteiger partial charge in [-0.15, -0.1) is 0 Å². The van der Waals surface area contributed by atoms with E-state index in [-0.39, 0.29) is 12.0 Å². The smallest absolute Gasteiger partial charge is 0.225 e. The van der Waals surface area contributed by atoms with Crippen LogP contribution in [0.1, 0.15) is 27.2 Å². The molecule has 0 spiro atoms. The molecule has 0 aromatic heterocycles. The summed E-state index contributed by atoms with van der Waals surface area (Å²) >= 11 is 0. The Hall–Kier alpha value is -1.24. The fourth-order valence-electron chi connectivity index (χ4n) is 3.42. The number of ether oxygens (including phenoxy) is 2. The van der Waals surface area contributed by atoms with E-state index in [9.17, 15) is 40.9 Å². The molecule has 2 rings (SSSR count). The Morgan fingerprint density at radius 1 is 1.19 bits per heavy atom. The van der Waals surface area contributed by atoms with Crippen LogP contribution in [0.25, 0.3) is 0 Å². The van der Waals surface area contributed by atoms with Gasteiger partial charge in [0.2, 0.25) is 5.79 Å². The first-order valence-electron chi connectivity index (χ1n) is 8.53. The van der Waals surface area contributed by atoms with Crippen LogP contribution in [0, 0.1) is 0 Å². The molecule has 0 bridgehead atoms. The zero-order valence-corrected chi connectivity index (χ0v) is 15.4. The molecule has 10 nitrogen and oxygen atoms in total. The number of hydrogen-bond acceptors (Lipinski definition) is 10. The molecule has 0 aromatic carbocycles. The normalized spacial score (nSPS) is 44.2. The SMILES string of the molecule is CC1(OC2(C)C(O)=CC(C)(O)C(O)C2O)OC(CO)CC(C(O)CO)=C1O. The van der Waals surface area contributed by atoms with E-state index in [4.69, 9.17) is 9.47 Å². The van der Waals surface area contributed by atoms with Crippen LogP contribution in [0.15, 0.2) is 23.2 Å². The first-order valence-corrected chi connectivity index (χ1v) is 8.53. The van der Waals surface area contributed by atoms with Crippen LogP contribution in [0.3, 0.4) is 0 Å². The van der Waals surface area contributed by atoms with E-state index in [1.165, 1.54) is 20.8 Å². The Morgan fingerprint density at radius 2 is 1.78 bits per heavy atom. The molecule has 0 fully saturated rings. The second kappa shape index (κ2) is 7.30. The lowest BCUT2D eigenvalue weighted by Gasteiger charge is -2.49. The summed E-state index contributed by atoms with van der Waals surface area (Å²) in [4.78, 5) is 0. The highest BCUT2D eigenvalue weighted by atomic mass is 16.7. The van der Waals surface area contributed by atoms with E-state index in [0.29, 0.717) is 0 Å². The van der Waals surface area contributed by atoms with E-state index >= 15 is 0 Å². The Kier molecular flexibility index (Phi) is 5.96. The van der Waals surface area contributed by atoms with Gasteiger partial charge < -0.3 is 50.3 Å². The predicted molar refractivity (Wildman–Crippen MR) is 90.6 cm³/mol. The quantitative estimate of drug-likeness (QED) is 0.270.